The molecule has 0 aromatic heterocycles. The van der Waals surface area contributed by atoms with Crippen LogP contribution in [-0.4, -0.2) is 107 Å². The molecule has 0 aromatic carbocycles. The summed E-state index contributed by atoms with van der Waals surface area (Å²) in [5.41, 5.74) is 0. The van der Waals surface area contributed by atoms with Crippen LogP contribution in [0.3, 0.4) is 0 Å². The average Bonchev–Trinajstić information content (AvgIpc) is 1.41. The van der Waals surface area contributed by atoms with Gasteiger partial charge in [-0.15, -0.1) is 0 Å². The van der Waals surface area contributed by atoms with Crippen LogP contribution >= 0.6 is 0 Å². The molecule has 0 bridgehead atoms. The van der Waals surface area contributed by atoms with Gasteiger partial charge in [-0.3, -0.25) is 25.3 Å². The topological polar surface area (TPSA) is 241 Å². The minimum Gasteiger partial charge on any atom is -0.759 e. The van der Waals surface area contributed by atoms with Crippen molar-refractivity contribution in [2.75, 3.05) is 0 Å². The van der Waals surface area contributed by atoms with Gasteiger partial charge < -0.3 is 27.3 Å². The van der Waals surface area contributed by atoms with E-state index in [0.29, 0.717) is 0 Å². The van der Waals surface area contributed by atoms with Gasteiger partial charge in [0.25, 0.3) is 0 Å². The summed E-state index contributed by atoms with van der Waals surface area (Å²) in [5.74, 6) is 0. The van der Waals surface area contributed by atoms with E-state index in [9.17, 15) is 0 Å². The van der Waals surface area contributed by atoms with Crippen molar-refractivity contribution in [3.8, 4) is 0 Å². The zero-order chi connectivity index (χ0) is 13.5. The van der Waals surface area contributed by atoms with Gasteiger partial charge in [-0.05, 0) is 0 Å². The van der Waals surface area contributed by atoms with Crippen molar-refractivity contribution in [2.45, 2.75) is 0 Å². The molecule has 0 saturated carbocycles. The molecule has 0 amide bonds. The van der Waals surface area contributed by atoms with E-state index < -0.39 is 31.2 Å². The summed E-state index contributed by atoms with van der Waals surface area (Å²) in [6.07, 6.45) is 0. The molecule has 0 atom stereocenters. The molecular formula is O12Pb2S3-6. The predicted molar refractivity (Wildman–Crippen MR) is 42.9 cm³/mol. The molecule has 8 radical (unpaired) electrons. The third-order valence-corrected chi connectivity index (χ3v) is 0. The second-order valence-electron chi connectivity index (χ2n) is 1.22. The molecule has 104 valence electrons. The Labute approximate surface area is 137 Å². The largest absolute Gasteiger partial charge is 0.759 e. The van der Waals surface area contributed by atoms with E-state index in [4.69, 9.17) is 52.6 Å². The molecular weight excluding hydrogens is 703 g/mol. The Morgan fingerprint density at radius 2 is 0.412 bits per heavy atom. The molecule has 0 aliphatic rings. The van der Waals surface area contributed by atoms with Crippen LogP contribution in [0.25, 0.3) is 0 Å². The van der Waals surface area contributed by atoms with Crippen LogP contribution < -0.4 is 0 Å². The number of rotatable bonds is 0. The SMILES string of the molecule is O=S(=O)([O-])[O-].O=S(=O)([O-])[O-].O=S(=O)([O-])[O-].[Pb].[Pb]. The summed E-state index contributed by atoms with van der Waals surface area (Å²) in [4.78, 5) is 0. The molecule has 0 aromatic rings. The minimum absolute atomic E-state index is 0. The quantitative estimate of drug-likeness (QED) is 0.131. The van der Waals surface area contributed by atoms with Crippen LogP contribution in [0.5, 0.6) is 0 Å². The maximum atomic E-state index is 8.52. The molecule has 0 heterocycles. The van der Waals surface area contributed by atoms with E-state index in [1.54, 1.807) is 0 Å². The van der Waals surface area contributed by atoms with Gasteiger partial charge in [0, 0.05) is 85.8 Å². The van der Waals surface area contributed by atoms with Crippen molar-refractivity contribution in [2.24, 2.45) is 0 Å². The van der Waals surface area contributed by atoms with Crippen LogP contribution in [0.1, 0.15) is 0 Å². The summed E-state index contributed by atoms with van der Waals surface area (Å²) in [6, 6.07) is 0. The molecule has 0 unspecified atom stereocenters. The van der Waals surface area contributed by atoms with E-state index in [1.165, 1.54) is 0 Å². The fourth-order valence-corrected chi connectivity index (χ4v) is 0. The molecule has 0 saturated heterocycles. The van der Waals surface area contributed by atoms with Gasteiger partial charge in [0.05, 0.1) is 0 Å². The molecule has 17 heavy (non-hydrogen) atoms. The summed E-state index contributed by atoms with van der Waals surface area (Å²) < 4.78 is 102. The van der Waals surface area contributed by atoms with Gasteiger partial charge in [0.2, 0.25) is 0 Å². The van der Waals surface area contributed by atoms with Crippen LogP contribution in [0, 0.1) is 0 Å². The van der Waals surface area contributed by atoms with Crippen LogP contribution in [0.4, 0.5) is 0 Å². The van der Waals surface area contributed by atoms with Crippen molar-refractivity contribution in [1.29, 1.82) is 0 Å². The van der Waals surface area contributed by atoms with Gasteiger partial charge >= 0.3 is 0 Å². The second kappa shape index (κ2) is 12.5. The van der Waals surface area contributed by atoms with Gasteiger partial charge in [-0.25, -0.2) is 0 Å². The number of hydrogen-bond acceptors (Lipinski definition) is 12. The van der Waals surface area contributed by atoms with Crippen molar-refractivity contribution < 1.29 is 52.6 Å². The number of hydrogen-bond donors (Lipinski definition) is 0. The third-order valence-electron chi connectivity index (χ3n) is 0. The molecule has 0 fully saturated rings. The third kappa shape index (κ3) is 1970. The fourth-order valence-electron chi connectivity index (χ4n) is 0. The zero-order valence-corrected chi connectivity index (χ0v) is 17.3. The minimum atomic E-state index is -5.17. The Morgan fingerprint density at radius 3 is 0.412 bits per heavy atom. The van der Waals surface area contributed by atoms with Gasteiger partial charge in [-0.1, -0.05) is 0 Å². The van der Waals surface area contributed by atoms with Crippen molar-refractivity contribution in [3.63, 3.8) is 0 Å². The molecule has 0 aliphatic heterocycles. The standard InChI is InChI=1S/3H2O4S.2Pb/c3*1-5(2,3)4;;/h3*(H2,1,2,3,4);;/p-6. The first kappa shape index (κ1) is 31.1. The van der Waals surface area contributed by atoms with Crippen LogP contribution in [0.15, 0.2) is 0 Å². The molecule has 0 N–H and O–H groups in total. The van der Waals surface area contributed by atoms with E-state index in [1.807, 2.05) is 0 Å². The van der Waals surface area contributed by atoms with Gasteiger partial charge in [0.1, 0.15) is 0 Å². The normalized spacial score (nSPS) is 10.2. The summed E-state index contributed by atoms with van der Waals surface area (Å²) in [6.45, 7) is 0. The Morgan fingerprint density at radius 1 is 0.412 bits per heavy atom. The van der Waals surface area contributed by atoms with Crippen molar-refractivity contribution in [3.05, 3.63) is 0 Å². The predicted octanol–water partition coefficient (Wildman–Crippen LogP) is -4.78. The van der Waals surface area contributed by atoms with E-state index in [-0.39, 0.29) is 54.6 Å². The van der Waals surface area contributed by atoms with E-state index in [2.05, 4.69) is 0 Å². The Hall–Kier alpha value is 1.45. The Kier molecular flexibility index (Phi) is 22.8. The summed E-state index contributed by atoms with van der Waals surface area (Å²) >= 11 is 0. The van der Waals surface area contributed by atoms with Crippen molar-refractivity contribution >= 4 is 85.8 Å². The van der Waals surface area contributed by atoms with Gasteiger partial charge in [0.15, 0.2) is 0 Å². The van der Waals surface area contributed by atoms with Crippen molar-refractivity contribution in [1.82, 2.24) is 0 Å². The summed E-state index contributed by atoms with van der Waals surface area (Å²) in [7, 11) is -15.5. The maximum absolute atomic E-state index is 8.52. The van der Waals surface area contributed by atoms with Gasteiger partial charge in [-0.2, -0.15) is 0 Å². The second-order valence-corrected chi connectivity index (χ2v) is 3.67. The first-order valence-corrected chi connectivity index (χ1v) is 6.00. The Bertz CT molecular complexity index is 341. The van der Waals surface area contributed by atoms with Crippen LogP contribution in [-0.2, 0) is 31.2 Å². The Balaban J connectivity index is -0.0000000400. The molecule has 17 heteroatoms. The molecule has 0 rings (SSSR count). The first-order chi connectivity index (χ1) is 6.00. The average molecular weight is 703 g/mol. The monoisotopic (exact) mass is 704 g/mol. The fraction of sp³-hybridized carbons (Fsp3) is 0. The smallest absolute Gasteiger partial charge is 0.0311 e. The molecule has 12 nitrogen and oxygen atoms in total. The van der Waals surface area contributed by atoms with E-state index >= 15 is 0 Å². The summed E-state index contributed by atoms with van der Waals surface area (Å²) in [5, 5.41) is 0. The van der Waals surface area contributed by atoms with Crippen LogP contribution in [0.2, 0.25) is 0 Å². The molecule has 0 spiro atoms. The van der Waals surface area contributed by atoms with E-state index in [0.717, 1.165) is 0 Å². The zero-order valence-electron chi connectivity index (χ0n) is 7.12. The maximum Gasteiger partial charge on any atom is 0.0311 e. The first-order valence-electron chi connectivity index (χ1n) is 2.00. The molecule has 0 aliphatic carbocycles.